The summed E-state index contributed by atoms with van der Waals surface area (Å²) in [6.45, 7) is 2.50. The second-order valence-corrected chi connectivity index (χ2v) is 13.8. The molecule has 0 radical (unpaired) electrons. The Hall–Kier alpha value is -5.37. The van der Waals surface area contributed by atoms with Gasteiger partial charge in [-0.05, 0) is 97.6 Å². The van der Waals surface area contributed by atoms with E-state index in [1.54, 1.807) is 0 Å². The topological polar surface area (TPSA) is 111 Å². The highest BCUT2D eigenvalue weighted by Gasteiger charge is 2.26. The van der Waals surface area contributed by atoms with E-state index in [9.17, 15) is 0 Å². The van der Waals surface area contributed by atoms with Crippen LogP contribution in [-0.4, -0.2) is 38.0 Å². The molecule has 254 valence electrons. The summed E-state index contributed by atoms with van der Waals surface area (Å²) in [5.41, 5.74) is 25.5. The van der Waals surface area contributed by atoms with Crippen LogP contribution in [-0.2, 0) is 25.8 Å². The molecule has 1 aliphatic heterocycles. The Labute approximate surface area is 293 Å². The molecule has 3 heterocycles. The van der Waals surface area contributed by atoms with Crippen molar-refractivity contribution >= 4 is 33.5 Å². The number of hydrogen-bond donors (Lipinski definition) is 3. The number of nitrogens with one attached hydrogen (secondary N) is 1. The van der Waals surface area contributed by atoms with Crippen LogP contribution in [0.2, 0.25) is 0 Å². The zero-order valence-corrected chi connectivity index (χ0v) is 28.7. The van der Waals surface area contributed by atoms with Gasteiger partial charge in [0.25, 0.3) is 0 Å². The molecule has 8 nitrogen and oxygen atoms in total. The molecule has 50 heavy (non-hydrogen) atoms. The van der Waals surface area contributed by atoms with Crippen LogP contribution in [0.4, 0.5) is 11.4 Å². The minimum absolute atomic E-state index is 0.783. The van der Waals surface area contributed by atoms with Crippen LogP contribution in [0.3, 0.4) is 0 Å². The third kappa shape index (κ3) is 6.38. The number of nitrogens with zero attached hydrogens (tertiary/aromatic N) is 5. The van der Waals surface area contributed by atoms with Gasteiger partial charge in [0.15, 0.2) is 0 Å². The van der Waals surface area contributed by atoms with Crippen LogP contribution < -0.4 is 27.2 Å². The van der Waals surface area contributed by atoms with Crippen LogP contribution >= 0.6 is 0 Å². The van der Waals surface area contributed by atoms with Gasteiger partial charge in [-0.25, -0.2) is 4.68 Å². The maximum absolute atomic E-state index is 6.39. The van der Waals surface area contributed by atoms with Crippen LogP contribution in [0, 0.1) is 0 Å². The highest BCUT2D eigenvalue weighted by atomic mass is 15.4. The first-order valence-electron chi connectivity index (χ1n) is 18.3. The monoisotopic (exact) mass is 662 g/mol. The summed E-state index contributed by atoms with van der Waals surface area (Å²) in [4.78, 5) is 7.48. The fraction of sp³-hybridized carbons (Fsp3) is 0.310. The number of para-hydroxylation sites is 1. The fourth-order valence-corrected chi connectivity index (χ4v) is 8.00. The minimum atomic E-state index is 0.783. The number of aromatic nitrogens is 4. The first-order chi connectivity index (χ1) is 24.6. The molecule has 2 aromatic heterocycles. The number of unbranched alkanes of at least 4 members (excludes halogenated alkanes) is 3. The van der Waals surface area contributed by atoms with Gasteiger partial charge < -0.3 is 21.7 Å². The lowest BCUT2D eigenvalue weighted by atomic mass is 9.91. The van der Waals surface area contributed by atoms with E-state index in [1.165, 1.54) is 73.8 Å². The van der Waals surface area contributed by atoms with Crippen molar-refractivity contribution in [2.45, 2.75) is 70.8 Å². The first kappa shape index (κ1) is 31.9. The molecule has 5 N–H and O–H groups in total. The molecule has 0 atom stereocenters. The summed E-state index contributed by atoms with van der Waals surface area (Å²) in [5.74, 6) is 0. The van der Waals surface area contributed by atoms with Crippen molar-refractivity contribution in [2.24, 2.45) is 5.73 Å². The quantitative estimate of drug-likeness (QED) is 0.112. The number of aryl methyl sites for hydroxylation is 2. The maximum atomic E-state index is 6.39. The van der Waals surface area contributed by atoms with Crippen molar-refractivity contribution in [1.29, 1.82) is 0 Å². The van der Waals surface area contributed by atoms with Crippen molar-refractivity contribution < 1.29 is 0 Å². The summed E-state index contributed by atoms with van der Waals surface area (Å²) >= 11 is 0. The van der Waals surface area contributed by atoms with E-state index in [-0.39, 0.29) is 0 Å². The first-order valence-corrected chi connectivity index (χ1v) is 18.3. The van der Waals surface area contributed by atoms with Crippen molar-refractivity contribution in [2.75, 3.05) is 24.1 Å². The Balaban J connectivity index is 0.904. The lowest BCUT2D eigenvalue weighted by Crippen LogP contribution is -2.43. The lowest BCUT2D eigenvalue weighted by molar-refractivity contribution is 0.460. The Bertz CT molecular complexity index is 2210. The smallest absolute Gasteiger partial charge is 0.0726 e. The molecule has 5 aromatic rings. The SMILES string of the molecule is NC1=CCC2=c3ccc(N)cc3=C(c3ccccc3)N(CCCCCCc3cnnn3CCNc3c4c(nc5ccccc35)CCCC4)C2=C1. The number of anilines is 2. The molecule has 8 heteroatoms. The van der Waals surface area contributed by atoms with E-state index in [4.69, 9.17) is 16.5 Å². The van der Waals surface area contributed by atoms with Gasteiger partial charge in [-0.3, -0.25) is 4.98 Å². The normalized spacial score (nSPS) is 15.3. The average Bonchev–Trinajstić information content (AvgIpc) is 3.59. The number of allylic oxidation sites excluding steroid dienone is 3. The number of benzene rings is 3. The molecule has 0 saturated heterocycles. The number of rotatable bonds is 12. The van der Waals surface area contributed by atoms with E-state index >= 15 is 0 Å². The van der Waals surface area contributed by atoms with Crippen molar-refractivity contribution in [3.05, 3.63) is 135 Å². The Kier molecular flexibility index (Phi) is 9.07. The molecular formula is C42H46N8. The van der Waals surface area contributed by atoms with E-state index in [2.05, 4.69) is 104 Å². The summed E-state index contributed by atoms with van der Waals surface area (Å²) < 4.78 is 2.08. The molecule has 0 spiro atoms. The molecule has 2 aliphatic carbocycles. The summed E-state index contributed by atoms with van der Waals surface area (Å²) in [7, 11) is 0. The second kappa shape index (κ2) is 14.2. The van der Waals surface area contributed by atoms with E-state index < -0.39 is 0 Å². The van der Waals surface area contributed by atoms with Gasteiger partial charge in [0.05, 0.1) is 29.6 Å². The second-order valence-electron chi connectivity index (χ2n) is 13.8. The maximum Gasteiger partial charge on any atom is 0.0726 e. The summed E-state index contributed by atoms with van der Waals surface area (Å²) in [6, 6.07) is 25.5. The Morgan fingerprint density at radius 2 is 1.66 bits per heavy atom. The van der Waals surface area contributed by atoms with E-state index in [0.717, 1.165) is 87.9 Å². The van der Waals surface area contributed by atoms with Crippen molar-refractivity contribution in [3.8, 4) is 0 Å². The minimum Gasteiger partial charge on any atom is -0.399 e. The Morgan fingerprint density at radius 3 is 2.58 bits per heavy atom. The third-order valence-corrected chi connectivity index (χ3v) is 10.4. The number of nitrogen functional groups attached to an aromatic ring is 1. The predicted octanol–water partition coefficient (Wildman–Crippen LogP) is 5.96. The molecule has 8 rings (SSSR count). The lowest BCUT2D eigenvalue weighted by Gasteiger charge is -2.36. The summed E-state index contributed by atoms with van der Waals surface area (Å²) in [6.07, 6.45) is 17.1. The van der Waals surface area contributed by atoms with Crippen LogP contribution in [0.15, 0.2) is 103 Å². The zero-order valence-electron chi connectivity index (χ0n) is 28.7. The number of hydrogen-bond acceptors (Lipinski definition) is 7. The van der Waals surface area contributed by atoms with Gasteiger partial charge in [0.1, 0.15) is 0 Å². The molecule has 3 aliphatic rings. The van der Waals surface area contributed by atoms with Gasteiger partial charge in [-0.1, -0.05) is 78.7 Å². The Morgan fingerprint density at radius 1 is 0.820 bits per heavy atom. The largest absolute Gasteiger partial charge is 0.399 e. The van der Waals surface area contributed by atoms with Gasteiger partial charge >= 0.3 is 0 Å². The van der Waals surface area contributed by atoms with Gasteiger partial charge in [-0.15, -0.1) is 5.10 Å². The van der Waals surface area contributed by atoms with Gasteiger partial charge in [-0.2, -0.15) is 0 Å². The average molecular weight is 663 g/mol. The molecular weight excluding hydrogens is 617 g/mol. The molecule has 0 fully saturated rings. The predicted molar refractivity (Wildman–Crippen MR) is 203 cm³/mol. The number of pyridine rings is 1. The fourth-order valence-electron chi connectivity index (χ4n) is 8.00. The van der Waals surface area contributed by atoms with E-state index in [1.807, 2.05) is 12.3 Å². The molecule has 3 aromatic carbocycles. The molecule has 0 amide bonds. The van der Waals surface area contributed by atoms with Crippen LogP contribution in [0.25, 0.3) is 22.2 Å². The highest BCUT2D eigenvalue weighted by molar-refractivity contribution is 5.93. The van der Waals surface area contributed by atoms with Gasteiger partial charge in [0, 0.05) is 52.2 Å². The molecule has 0 saturated carbocycles. The number of fused-ring (bicyclic) bond motifs is 4. The highest BCUT2D eigenvalue weighted by Crippen LogP contribution is 2.34. The van der Waals surface area contributed by atoms with E-state index in [0.29, 0.717) is 0 Å². The van der Waals surface area contributed by atoms with Crippen LogP contribution in [0.5, 0.6) is 0 Å². The molecule has 0 bridgehead atoms. The summed E-state index contributed by atoms with van der Waals surface area (Å²) in [5, 5.41) is 16.2. The van der Waals surface area contributed by atoms with Crippen molar-refractivity contribution in [3.63, 3.8) is 0 Å². The third-order valence-electron chi connectivity index (χ3n) is 10.4. The molecule has 0 unspecified atom stereocenters. The van der Waals surface area contributed by atoms with Gasteiger partial charge in [0.2, 0.25) is 0 Å². The zero-order chi connectivity index (χ0) is 33.9. The van der Waals surface area contributed by atoms with Crippen molar-refractivity contribution in [1.82, 2.24) is 24.9 Å². The van der Waals surface area contributed by atoms with Crippen LogP contribution in [0.1, 0.15) is 67.5 Å². The standard InChI is InChI=1S/C42H46N8/c43-30-19-21-33-34-22-20-31(44)27-40(34)49(42(37(33)26-30)29-12-4-3-5-13-29)24-11-2-1-6-14-32-28-46-48-50(32)25-23-45-41-35-15-7-9-17-38(35)47-39-18-10-8-16-36(39)41/h3-5,7,9,12-13,15,17,19-21,26-28H,1-2,6,8,10-11,14,16,18,22-25,43-44H2,(H,45,47). The number of nitrogens with two attached hydrogens (primary N) is 2.